The molecule has 1 aromatic carbocycles. The van der Waals surface area contributed by atoms with Gasteiger partial charge < -0.3 is 14.8 Å². The average molecular weight is 310 g/mol. The summed E-state index contributed by atoms with van der Waals surface area (Å²) in [6.45, 7) is 1.86. The molecule has 3 nitrogen and oxygen atoms in total. The first kappa shape index (κ1) is 13.7. The number of benzene rings is 1. The Morgan fingerprint density at radius 3 is 2.90 bits per heavy atom. The van der Waals surface area contributed by atoms with Crippen LogP contribution < -0.4 is 14.8 Å². The molecule has 2 heterocycles. The summed E-state index contributed by atoms with van der Waals surface area (Å²) in [7, 11) is 3.23. The fraction of sp³-hybridized carbons (Fsp3) is 0.333. The molecule has 0 fully saturated rings. The largest absolute Gasteiger partial charge is 0.493 e. The van der Waals surface area contributed by atoms with Crippen molar-refractivity contribution in [3.63, 3.8) is 0 Å². The van der Waals surface area contributed by atoms with Crippen LogP contribution in [0, 0.1) is 0 Å². The Labute approximate surface area is 127 Å². The van der Waals surface area contributed by atoms with Crippen molar-refractivity contribution in [2.24, 2.45) is 0 Å². The van der Waals surface area contributed by atoms with Gasteiger partial charge in [0, 0.05) is 23.9 Å². The van der Waals surface area contributed by atoms with Gasteiger partial charge in [-0.3, -0.25) is 0 Å². The van der Waals surface area contributed by atoms with Crippen molar-refractivity contribution < 1.29 is 9.47 Å². The predicted molar refractivity (Wildman–Crippen MR) is 82.4 cm³/mol. The van der Waals surface area contributed by atoms with Crippen molar-refractivity contribution in [2.75, 3.05) is 20.8 Å². The molecule has 1 N–H and O–H groups in total. The molecule has 2 aromatic rings. The third-order valence-electron chi connectivity index (χ3n) is 3.65. The van der Waals surface area contributed by atoms with Gasteiger partial charge in [-0.25, -0.2) is 0 Å². The quantitative estimate of drug-likeness (QED) is 0.938. The summed E-state index contributed by atoms with van der Waals surface area (Å²) in [6.07, 6.45) is 0. The third-order valence-corrected chi connectivity index (χ3v) is 4.87. The molecule has 1 aliphatic rings. The van der Waals surface area contributed by atoms with E-state index in [9.17, 15) is 0 Å². The number of rotatable bonds is 3. The second-order valence-corrected chi connectivity index (χ2v) is 6.13. The molecule has 0 amide bonds. The van der Waals surface area contributed by atoms with E-state index in [1.54, 1.807) is 25.6 Å². The number of hydrogen-bond donors (Lipinski definition) is 1. The standard InChI is InChI=1S/C15H16ClNO2S/c1-18-13-6-9(5-12(16)15(13)19-2)11-7-17-8-14-10(11)3-4-20-14/h3-6,11,17H,7-8H2,1-2H3. The van der Waals surface area contributed by atoms with Crippen LogP contribution in [0.4, 0.5) is 0 Å². The SMILES string of the molecule is COc1cc(C2CNCc3sccc32)cc(Cl)c1OC. The second kappa shape index (κ2) is 5.64. The summed E-state index contributed by atoms with van der Waals surface area (Å²) in [5.41, 5.74) is 2.54. The van der Waals surface area contributed by atoms with Gasteiger partial charge in [0.2, 0.25) is 0 Å². The maximum Gasteiger partial charge on any atom is 0.179 e. The number of methoxy groups -OCH3 is 2. The number of thiophene rings is 1. The maximum absolute atomic E-state index is 6.31. The molecule has 1 atom stereocenters. The Morgan fingerprint density at radius 2 is 2.15 bits per heavy atom. The Kier molecular flexibility index (Phi) is 3.87. The second-order valence-electron chi connectivity index (χ2n) is 4.72. The van der Waals surface area contributed by atoms with Crippen molar-refractivity contribution in [1.29, 1.82) is 0 Å². The molecule has 1 aliphatic heterocycles. The monoisotopic (exact) mass is 309 g/mol. The zero-order chi connectivity index (χ0) is 14.1. The van der Waals surface area contributed by atoms with Gasteiger partial charge >= 0.3 is 0 Å². The lowest BCUT2D eigenvalue weighted by Crippen LogP contribution is -2.27. The number of halogens is 1. The minimum Gasteiger partial charge on any atom is -0.493 e. The van der Waals surface area contributed by atoms with Gasteiger partial charge in [-0.15, -0.1) is 11.3 Å². The molecular formula is C15H16ClNO2S. The van der Waals surface area contributed by atoms with Crippen molar-refractivity contribution >= 4 is 22.9 Å². The van der Waals surface area contributed by atoms with E-state index in [4.69, 9.17) is 21.1 Å². The van der Waals surface area contributed by atoms with Crippen LogP contribution in [0.5, 0.6) is 11.5 Å². The van der Waals surface area contributed by atoms with E-state index in [1.807, 2.05) is 12.1 Å². The molecule has 0 saturated carbocycles. The van der Waals surface area contributed by atoms with Crippen molar-refractivity contribution in [3.05, 3.63) is 44.6 Å². The van der Waals surface area contributed by atoms with Crippen LogP contribution in [0.2, 0.25) is 5.02 Å². The first-order chi connectivity index (χ1) is 9.74. The van der Waals surface area contributed by atoms with E-state index in [-0.39, 0.29) is 0 Å². The molecule has 20 heavy (non-hydrogen) atoms. The predicted octanol–water partition coefficient (Wildman–Crippen LogP) is 3.65. The summed E-state index contributed by atoms with van der Waals surface area (Å²) in [4.78, 5) is 1.40. The summed E-state index contributed by atoms with van der Waals surface area (Å²) in [6, 6.07) is 6.20. The van der Waals surface area contributed by atoms with Crippen LogP contribution >= 0.6 is 22.9 Å². The molecule has 0 bridgehead atoms. The van der Waals surface area contributed by atoms with Gasteiger partial charge in [-0.1, -0.05) is 11.6 Å². The molecule has 0 saturated heterocycles. The van der Waals surface area contributed by atoms with E-state index in [0.717, 1.165) is 18.7 Å². The summed E-state index contributed by atoms with van der Waals surface area (Å²) in [5, 5.41) is 6.19. The van der Waals surface area contributed by atoms with Crippen molar-refractivity contribution in [2.45, 2.75) is 12.5 Å². The minimum atomic E-state index is 0.308. The van der Waals surface area contributed by atoms with Gasteiger partial charge in [-0.2, -0.15) is 0 Å². The molecule has 106 valence electrons. The smallest absolute Gasteiger partial charge is 0.179 e. The summed E-state index contributed by atoms with van der Waals surface area (Å²) < 4.78 is 10.7. The Morgan fingerprint density at radius 1 is 1.30 bits per heavy atom. The number of nitrogens with one attached hydrogen (secondary N) is 1. The molecule has 3 rings (SSSR count). The lowest BCUT2D eigenvalue weighted by atomic mass is 9.89. The van der Waals surface area contributed by atoms with Crippen LogP contribution in [0.15, 0.2) is 23.6 Å². The number of ether oxygens (including phenoxy) is 2. The van der Waals surface area contributed by atoms with Crippen LogP contribution in [0.25, 0.3) is 0 Å². The van der Waals surface area contributed by atoms with Crippen LogP contribution in [-0.4, -0.2) is 20.8 Å². The normalized spacial score (nSPS) is 17.6. The fourth-order valence-corrected chi connectivity index (χ4v) is 3.89. The fourth-order valence-electron chi connectivity index (χ4n) is 2.68. The zero-order valence-electron chi connectivity index (χ0n) is 11.4. The molecule has 1 aromatic heterocycles. The van der Waals surface area contributed by atoms with Crippen LogP contribution in [-0.2, 0) is 6.54 Å². The van der Waals surface area contributed by atoms with E-state index in [2.05, 4.69) is 16.8 Å². The molecule has 0 aliphatic carbocycles. The molecule has 0 radical (unpaired) electrons. The maximum atomic E-state index is 6.31. The number of hydrogen-bond acceptors (Lipinski definition) is 4. The van der Waals surface area contributed by atoms with Crippen molar-refractivity contribution in [1.82, 2.24) is 5.32 Å². The summed E-state index contributed by atoms with van der Waals surface area (Å²) in [5.74, 6) is 1.58. The summed E-state index contributed by atoms with van der Waals surface area (Å²) >= 11 is 8.11. The lowest BCUT2D eigenvalue weighted by Gasteiger charge is -2.25. The highest BCUT2D eigenvalue weighted by Crippen LogP contribution is 2.41. The number of fused-ring (bicyclic) bond motifs is 1. The Balaban J connectivity index is 2.06. The van der Waals surface area contributed by atoms with Crippen molar-refractivity contribution in [3.8, 4) is 11.5 Å². The highest BCUT2D eigenvalue weighted by molar-refractivity contribution is 7.10. The van der Waals surface area contributed by atoms with Gasteiger partial charge in [0.25, 0.3) is 0 Å². The van der Waals surface area contributed by atoms with Gasteiger partial charge in [0.1, 0.15) is 0 Å². The van der Waals surface area contributed by atoms with E-state index < -0.39 is 0 Å². The molecule has 0 spiro atoms. The molecular weight excluding hydrogens is 294 g/mol. The van der Waals surface area contributed by atoms with E-state index >= 15 is 0 Å². The molecule has 5 heteroatoms. The minimum absolute atomic E-state index is 0.308. The van der Waals surface area contributed by atoms with Crippen LogP contribution in [0.1, 0.15) is 21.9 Å². The molecule has 1 unspecified atom stereocenters. The zero-order valence-corrected chi connectivity index (χ0v) is 13.0. The van der Waals surface area contributed by atoms with E-state index in [1.165, 1.54) is 10.4 Å². The van der Waals surface area contributed by atoms with Crippen LogP contribution in [0.3, 0.4) is 0 Å². The average Bonchev–Trinajstić information content (AvgIpc) is 2.94. The van der Waals surface area contributed by atoms with Gasteiger partial charge in [0.15, 0.2) is 11.5 Å². The highest BCUT2D eigenvalue weighted by Gasteiger charge is 2.24. The highest BCUT2D eigenvalue weighted by atomic mass is 35.5. The Bertz CT molecular complexity index is 626. The first-order valence-electron chi connectivity index (χ1n) is 6.43. The third kappa shape index (κ3) is 2.28. The van der Waals surface area contributed by atoms with E-state index in [0.29, 0.717) is 22.4 Å². The topological polar surface area (TPSA) is 30.5 Å². The van der Waals surface area contributed by atoms with Gasteiger partial charge in [0.05, 0.1) is 19.2 Å². The first-order valence-corrected chi connectivity index (χ1v) is 7.68. The Hall–Kier alpha value is -1.23. The lowest BCUT2D eigenvalue weighted by molar-refractivity contribution is 0.354. The van der Waals surface area contributed by atoms with Gasteiger partial charge in [-0.05, 0) is 34.7 Å².